The molecule has 2 aromatic rings. The number of carbonyl (C=O) groups is 1. The fraction of sp³-hybridized carbons (Fsp3) is 0.381. The second kappa shape index (κ2) is 11.0. The summed E-state index contributed by atoms with van der Waals surface area (Å²) >= 11 is 13.6. The number of nitroso groups, excluding NO2 is 1. The van der Waals surface area contributed by atoms with E-state index < -0.39 is 0 Å². The number of ether oxygens (including phenoxy) is 1. The lowest BCUT2D eigenvalue weighted by atomic mass is 9.94. The van der Waals surface area contributed by atoms with Crippen LogP contribution < -0.4 is 10.6 Å². The van der Waals surface area contributed by atoms with Gasteiger partial charge in [-0.05, 0) is 56.1 Å². The quantitative estimate of drug-likeness (QED) is 0.277. The van der Waals surface area contributed by atoms with Crippen molar-refractivity contribution >= 4 is 52.5 Å². The van der Waals surface area contributed by atoms with Crippen LogP contribution in [0.15, 0.2) is 47.0 Å². The number of halogens is 2. The van der Waals surface area contributed by atoms with E-state index in [9.17, 15) is 9.70 Å². The molecule has 2 aromatic carbocycles. The van der Waals surface area contributed by atoms with Gasteiger partial charge in [-0.25, -0.2) is 0 Å². The maximum absolute atomic E-state index is 12.4. The molecule has 9 heteroatoms. The average molecular weight is 468 g/mol. The summed E-state index contributed by atoms with van der Waals surface area (Å²) in [5.41, 5.74) is 2.10. The van der Waals surface area contributed by atoms with Crippen molar-refractivity contribution in [3.63, 3.8) is 0 Å². The molecule has 0 bridgehead atoms. The Labute approximate surface area is 190 Å². The van der Waals surface area contributed by atoms with Crippen LogP contribution >= 0.6 is 35.1 Å². The second-order valence-electron chi connectivity index (χ2n) is 7.12. The van der Waals surface area contributed by atoms with E-state index in [1.807, 2.05) is 24.3 Å². The van der Waals surface area contributed by atoms with Crippen molar-refractivity contribution in [2.24, 2.45) is 4.58 Å². The van der Waals surface area contributed by atoms with E-state index in [0.29, 0.717) is 22.2 Å². The monoisotopic (exact) mass is 467 g/mol. The third-order valence-corrected chi connectivity index (χ3v) is 6.85. The summed E-state index contributed by atoms with van der Waals surface area (Å²) in [4.78, 5) is 23.3. The molecule has 160 valence electrons. The van der Waals surface area contributed by atoms with E-state index in [1.54, 1.807) is 18.2 Å². The molecule has 0 aromatic heterocycles. The minimum absolute atomic E-state index is 0.110. The number of para-hydroxylation sites is 2. The van der Waals surface area contributed by atoms with Gasteiger partial charge in [-0.1, -0.05) is 47.5 Å². The van der Waals surface area contributed by atoms with Gasteiger partial charge in [0.05, 0.1) is 28.8 Å². The molecule has 30 heavy (non-hydrogen) atoms. The van der Waals surface area contributed by atoms with Crippen LogP contribution in [0.4, 0.5) is 11.4 Å². The summed E-state index contributed by atoms with van der Waals surface area (Å²) in [5, 5.41) is 7.48. The van der Waals surface area contributed by atoms with Gasteiger partial charge in [0, 0.05) is 27.0 Å². The van der Waals surface area contributed by atoms with Crippen LogP contribution in [-0.4, -0.2) is 30.4 Å². The molecule has 0 unspecified atom stereocenters. The first-order chi connectivity index (χ1) is 14.5. The number of piperidine rings is 1. The van der Waals surface area contributed by atoms with Gasteiger partial charge in [0.25, 0.3) is 0 Å². The molecule has 2 N–H and O–H groups in total. The molecule has 0 radical (unpaired) electrons. The number of hydrogen-bond donors (Lipinski definition) is 2. The average Bonchev–Trinajstić information content (AvgIpc) is 2.73. The van der Waals surface area contributed by atoms with Crippen LogP contribution in [0.3, 0.4) is 0 Å². The predicted molar refractivity (Wildman–Crippen MR) is 124 cm³/mol. The molecule has 0 spiro atoms. The van der Waals surface area contributed by atoms with Gasteiger partial charge in [0.2, 0.25) is 0 Å². The topological polar surface area (TPSA) is 79.8 Å². The number of nitrogens with zero attached hydrogens (tertiary/aromatic N) is 1. The molecule has 1 fully saturated rings. The molecule has 0 saturated carbocycles. The highest BCUT2D eigenvalue weighted by Gasteiger charge is 2.34. The van der Waals surface area contributed by atoms with Crippen molar-refractivity contribution in [2.75, 3.05) is 25.0 Å². The van der Waals surface area contributed by atoms with Crippen LogP contribution in [0.2, 0.25) is 10.0 Å². The Hall–Kier alpha value is -1.80. The molecule has 1 aliphatic heterocycles. The number of benzene rings is 2. The van der Waals surface area contributed by atoms with Crippen LogP contribution in [0.25, 0.3) is 0 Å². The van der Waals surface area contributed by atoms with Crippen LogP contribution in [0.5, 0.6) is 0 Å². The summed E-state index contributed by atoms with van der Waals surface area (Å²) < 4.78 is 8.25. The second-order valence-corrected chi connectivity index (χ2v) is 9.14. The first-order valence-corrected chi connectivity index (χ1v) is 11.2. The smallest absolute Gasteiger partial charge is 0.310 e. The van der Waals surface area contributed by atoms with Crippen molar-refractivity contribution in [3.8, 4) is 0 Å². The molecule has 1 aliphatic rings. The highest BCUT2D eigenvalue weighted by atomic mass is 35.5. The molecule has 0 atom stereocenters. The van der Waals surface area contributed by atoms with Gasteiger partial charge >= 0.3 is 5.97 Å². The Kier molecular flexibility index (Phi) is 8.39. The zero-order valence-corrected chi connectivity index (χ0v) is 18.7. The lowest BCUT2D eigenvalue weighted by molar-refractivity contribution is -0.143. The number of hydrogen-bond acceptors (Lipinski definition) is 7. The van der Waals surface area contributed by atoms with E-state index in [2.05, 4.69) is 15.2 Å². The van der Waals surface area contributed by atoms with Crippen LogP contribution in [-0.2, 0) is 16.0 Å². The third-order valence-electron chi connectivity index (χ3n) is 5.14. The molecule has 1 saturated heterocycles. The fourth-order valence-electron chi connectivity index (χ4n) is 3.45. The van der Waals surface area contributed by atoms with Gasteiger partial charge in [-0.3, -0.25) is 4.79 Å². The lowest BCUT2D eigenvalue weighted by Gasteiger charge is -2.33. The van der Waals surface area contributed by atoms with Gasteiger partial charge in [0.15, 0.2) is 0 Å². The standard InChI is InChI=1S/C21H23Cl2N3O3S/c22-16-5-3-6-17(23)20(16)25-18-7-2-1-4-15(18)14-19(27)29-13-10-21(30-26-28)8-11-24-12-9-21/h1-7,24-25H,8-14H2. The minimum Gasteiger partial charge on any atom is -0.465 e. The van der Waals surface area contributed by atoms with E-state index in [4.69, 9.17) is 27.9 Å². The molecule has 0 aliphatic carbocycles. The summed E-state index contributed by atoms with van der Waals surface area (Å²) in [7, 11) is 0. The van der Waals surface area contributed by atoms with Gasteiger partial charge in [-0.15, -0.1) is 4.91 Å². The number of esters is 1. The van der Waals surface area contributed by atoms with Crippen molar-refractivity contribution in [2.45, 2.75) is 30.4 Å². The van der Waals surface area contributed by atoms with Crippen LogP contribution in [0, 0.1) is 4.91 Å². The molecule has 1 heterocycles. The minimum atomic E-state index is -0.331. The molecule has 3 rings (SSSR count). The summed E-state index contributed by atoms with van der Waals surface area (Å²) in [5.74, 6) is -0.331. The highest BCUT2D eigenvalue weighted by molar-refractivity contribution is 7.99. The maximum atomic E-state index is 12.4. The summed E-state index contributed by atoms with van der Waals surface area (Å²) in [6, 6.07) is 12.7. The first kappa shape index (κ1) is 22.9. The Morgan fingerprint density at radius 2 is 1.83 bits per heavy atom. The van der Waals surface area contributed by atoms with Crippen molar-refractivity contribution < 1.29 is 9.53 Å². The highest BCUT2D eigenvalue weighted by Crippen LogP contribution is 2.38. The zero-order valence-electron chi connectivity index (χ0n) is 16.3. The molecule has 0 amide bonds. The molecular formula is C21H23Cl2N3O3S. The Morgan fingerprint density at radius 3 is 2.53 bits per heavy atom. The van der Waals surface area contributed by atoms with Gasteiger partial charge in [-0.2, -0.15) is 0 Å². The van der Waals surface area contributed by atoms with E-state index >= 15 is 0 Å². The number of rotatable bonds is 9. The lowest BCUT2D eigenvalue weighted by Crippen LogP contribution is -2.40. The van der Waals surface area contributed by atoms with E-state index in [1.165, 1.54) is 0 Å². The third kappa shape index (κ3) is 6.11. The van der Waals surface area contributed by atoms with Crippen molar-refractivity contribution in [1.29, 1.82) is 0 Å². The summed E-state index contributed by atoms with van der Waals surface area (Å²) in [6.07, 6.45) is 2.36. The van der Waals surface area contributed by atoms with Gasteiger partial charge < -0.3 is 15.4 Å². The maximum Gasteiger partial charge on any atom is 0.310 e. The number of carbonyl (C=O) groups excluding carboxylic acids is 1. The zero-order chi connectivity index (χ0) is 21.4. The van der Waals surface area contributed by atoms with Crippen molar-refractivity contribution in [1.82, 2.24) is 5.32 Å². The molecular weight excluding hydrogens is 445 g/mol. The normalized spacial score (nSPS) is 15.4. The number of nitrogens with one attached hydrogen (secondary N) is 2. The predicted octanol–water partition coefficient (Wildman–Crippen LogP) is 5.75. The van der Waals surface area contributed by atoms with E-state index in [-0.39, 0.29) is 23.7 Å². The van der Waals surface area contributed by atoms with Crippen LogP contribution in [0.1, 0.15) is 24.8 Å². The van der Waals surface area contributed by atoms with Crippen molar-refractivity contribution in [3.05, 3.63) is 63.0 Å². The number of anilines is 2. The SMILES string of the molecule is O=NSC1(CCOC(=O)Cc2ccccc2Nc2c(Cl)cccc2Cl)CCNCC1. The summed E-state index contributed by atoms with van der Waals surface area (Å²) in [6.45, 7) is 1.92. The Bertz CT molecular complexity index is 871. The van der Waals surface area contributed by atoms with Gasteiger partial charge in [0.1, 0.15) is 0 Å². The Morgan fingerprint density at radius 1 is 1.13 bits per heavy atom. The van der Waals surface area contributed by atoms with E-state index in [0.717, 1.165) is 49.1 Å². The first-order valence-electron chi connectivity index (χ1n) is 9.69. The largest absolute Gasteiger partial charge is 0.465 e. The molecule has 6 nitrogen and oxygen atoms in total. The Balaban J connectivity index is 1.60. The fourth-order valence-corrected chi connectivity index (χ4v) is 4.67.